The molecular weight excluding hydrogens is 188 g/mol. The number of benzene rings is 1. The molecule has 0 saturated carbocycles. The van der Waals surface area contributed by atoms with Crippen LogP contribution in [0.5, 0.6) is 0 Å². The number of hydrogen-bond acceptors (Lipinski definition) is 2. The maximum absolute atomic E-state index is 11.9. The molecule has 3 heteroatoms. The lowest BCUT2D eigenvalue weighted by molar-refractivity contribution is -0.119. The molecule has 1 aromatic carbocycles. The molecule has 2 N–H and O–H groups in total. The Morgan fingerprint density at radius 1 is 1.53 bits per heavy atom. The average molecular weight is 204 g/mol. The zero-order chi connectivity index (χ0) is 11.0. The molecule has 0 saturated heterocycles. The number of amides is 1. The van der Waals surface area contributed by atoms with Crippen LogP contribution in [0.25, 0.3) is 0 Å². The molecular formula is C12H16N2O. The third kappa shape index (κ3) is 1.63. The smallest absolute Gasteiger partial charge is 0.243 e. The summed E-state index contributed by atoms with van der Waals surface area (Å²) in [5, 5.41) is 0. The highest BCUT2D eigenvalue weighted by molar-refractivity contribution is 5.99. The van der Waals surface area contributed by atoms with E-state index in [-0.39, 0.29) is 11.9 Å². The summed E-state index contributed by atoms with van der Waals surface area (Å²) in [6, 6.07) is 7.81. The van der Waals surface area contributed by atoms with Crippen LogP contribution in [0.15, 0.2) is 24.3 Å². The van der Waals surface area contributed by atoms with Gasteiger partial charge in [-0.05, 0) is 31.9 Å². The minimum atomic E-state index is -0.432. The third-order valence-corrected chi connectivity index (χ3v) is 2.83. The summed E-state index contributed by atoms with van der Waals surface area (Å²) >= 11 is 0. The van der Waals surface area contributed by atoms with Crippen molar-refractivity contribution in [3.63, 3.8) is 0 Å². The highest BCUT2D eigenvalue weighted by Gasteiger charge is 2.31. The molecule has 80 valence electrons. The lowest BCUT2D eigenvalue weighted by atomic mass is 10.1. The third-order valence-electron chi connectivity index (χ3n) is 2.83. The Morgan fingerprint density at radius 3 is 2.87 bits per heavy atom. The second kappa shape index (κ2) is 3.66. The molecule has 1 amide bonds. The monoisotopic (exact) mass is 204 g/mol. The molecule has 0 radical (unpaired) electrons. The zero-order valence-corrected chi connectivity index (χ0v) is 9.10. The van der Waals surface area contributed by atoms with Gasteiger partial charge >= 0.3 is 0 Å². The summed E-state index contributed by atoms with van der Waals surface area (Å²) in [5.74, 6) is 0.00690. The number of para-hydroxylation sites is 1. The predicted octanol–water partition coefficient (Wildman–Crippen LogP) is 1.31. The van der Waals surface area contributed by atoms with Crippen molar-refractivity contribution in [2.45, 2.75) is 32.4 Å². The van der Waals surface area contributed by atoms with Crippen molar-refractivity contribution in [2.75, 3.05) is 4.90 Å². The lowest BCUT2D eigenvalue weighted by Crippen LogP contribution is -2.45. The van der Waals surface area contributed by atoms with E-state index >= 15 is 0 Å². The molecule has 0 unspecified atom stereocenters. The highest BCUT2D eigenvalue weighted by Crippen LogP contribution is 2.31. The van der Waals surface area contributed by atoms with Gasteiger partial charge in [-0.3, -0.25) is 4.79 Å². The van der Waals surface area contributed by atoms with Gasteiger partial charge in [-0.25, -0.2) is 0 Å². The molecule has 1 aromatic rings. The average Bonchev–Trinajstić information content (AvgIpc) is 2.52. The summed E-state index contributed by atoms with van der Waals surface area (Å²) in [7, 11) is 0. The maximum Gasteiger partial charge on any atom is 0.243 e. The maximum atomic E-state index is 11.9. The van der Waals surface area contributed by atoms with Gasteiger partial charge in [0.15, 0.2) is 0 Å². The fourth-order valence-electron chi connectivity index (χ4n) is 2.12. The van der Waals surface area contributed by atoms with E-state index in [0.717, 1.165) is 12.1 Å². The highest BCUT2D eigenvalue weighted by atomic mass is 16.2. The van der Waals surface area contributed by atoms with E-state index in [1.165, 1.54) is 5.56 Å². The van der Waals surface area contributed by atoms with Crippen LogP contribution in [-0.2, 0) is 11.2 Å². The minimum absolute atomic E-state index is 0.00690. The SMILES string of the molecule is C[C@@H](N)C(=O)N1c2ccccc2C[C@@H]1C. The van der Waals surface area contributed by atoms with Crippen LogP contribution in [0, 0.1) is 0 Å². The van der Waals surface area contributed by atoms with Crippen molar-refractivity contribution < 1.29 is 4.79 Å². The zero-order valence-electron chi connectivity index (χ0n) is 9.10. The Labute approximate surface area is 89.9 Å². The molecule has 0 fully saturated rings. The van der Waals surface area contributed by atoms with Crippen LogP contribution in [0.4, 0.5) is 5.69 Å². The van der Waals surface area contributed by atoms with Crippen molar-refractivity contribution >= 4 is 11.6 Å². The minimum Gasteiger partial charge on any atom is -0.320 e. The number of nitrogens with two attached hydrogens (primary N) is 1. The molecule has 1 heterocycles. The number of carbonyl (C=O) groups is 1. The Hall–Kier alpha value is -1.35. The summed E-state index contributed by atoms with van der Waals surface area (Å²) in [5.41, 5.74) is 7.90. The number of anilines is 1. The van der Waals surface area contributed by atoms with Gasteiger partial charge in [-0.2, -0.15) is 0 Å². The van der Waals surface area contributed by atoms with Gasteiger partial charge in [-0.15, -0.1) is 0 Å². The largest absolute Gasteiger partial charge is 0.320 e. The summed E-state index contributed by atoms with van der Waals surface area (Å²) in [4.78, 5) is 13.7. The Morgan fingerprint density at radius 2 is 2.20 bits per heavy atom. The molecule has 3 nitrogen and oxygen atoms in total. The van der Waals surface area contributed by atoms with Crippen LogP contribution >= 0.6 is 0 Å². The molecule has 0 bridgehead atoms. The van der Waals surface area contributed by atoms with Gasteiger partial charge in [-0.1, -0.05) is 18.2 Å². The summed E-state index contributed by atoms with van der Waals surface area (Å²) in [6.45, 7) is 3.79. The van der Waals surface area contributed by atoms with E-state index in [2.05, 4.69) is 13.0 Å². The first-order chi connectivity index (χ1) is 7.11. The van der Waals surface area contributed by atoms with E-state index in [0.29, 0.717) is 0 Å². The van der Waals surface area contributed by atoms with Gasteiger partial charge in [0.25, 0.3) is 0 Å². The number of carbonyl (C=O) groups excluding carboxylic acids is 1. The van der Waals surface area contributed by atoms with E-state index in [1.54, 1.807) is 6.92 Å². The second-order valence-corrected chi connectivity index (χ2v) is 4.18. The summed E-state index contributed by atoms with van der Waals surface area (Å²) < 4.78 is 0. The van der Waals surface area contributed by atoms with Gasteiger partial charge in [0.1, 0.15) is 0 Å². The van der Waals surface area contributed by atoms with Crippen molar-refractivity contribution in [1.82, 2.24) is 0 Å². The van der Waals surface area contributed by atoms with Crippen molar-refractivity contribution in [3.8, 4) is 0 Å². The van der Waals surface area contributed by atoms with Crippen LogP contribution in [-0.4, -0.2) is 18.0 Å². The van der Waals surface area contributed by atoms with Crippen LogP contribution in [0.2, 0.25) is 0 Å². The lowest BCUT2D eigenvalue weighted by Gasteiger charge is -2.24. The first-order valence-electron chi connectivity index (χ1n) is 5.28. The van der Waals surface area contributed by atoms with Gasteiger partial charge in [0.2, 0.25) is 5.91 Å². The van der Waals surface area contributed by atoms with Gasteiger partial charge in [0.05, 0.1) is 6.04 Å². The normalized spacial score (nSPS) is 21.3. The quantitative estimate of drug-likeness (QED) is 0.749. The molecule has 15 heavy (non-hydrogen) atoms. The van der Waals surface area contributed by atoms with Crippen LogP contribution in [0.1, 0.15) is 19.4 Å². The van der Waals surface area contributed by atoms with E-state index < -0.39 is 6.04 Å². The molecule has 1 aliphatic rings. The van der Waals surface area contributed by atoms with E-state index in [4.69, 9.17) is 5.73 Å². The fourth-order valence-corrected chi connectivity index (χ4v) is 2.12. The molecule has 1 aliphatic heterocycles. The van der Waals surface area contributed by atoms with Gasteiger partial charge < -0.3 is 10.6 Å². The van der Waals surface area contributed by atoms with E-state index in [9.17, 15) is 4.79 Å². The number of hydrogen-bond donors (Lipinski definition) is 1. The number of rotatable bonds is 1. The van der Waals surface area contributed by atoms with Crippen LogP contribution < -0.4 is 10.6 Å². The molecule has 0 spiro atoms. The van der Waals surface area contributed by atoms with Crippen molar-refractivity contribution in [3.05, 3.63) is 29.8 Å². The molecule has 2 rings (SSSR count). The second-order valence-electron chi connectivity index (χ2n) is 4.18. The Kier molecular flexibility index (Phi) is 2.49. The molecule has 2 atom stereocenters. The Bertz CT molecular complexity index is 387. The van der Waals surface area contributed by atoms with Gasteiger partial charge in [0, 0.05) is 11.7 Å². The number of nitrogens with zero attached hydrogens (tertiary/aromatic N) is 1. The summed E-state index contributed by atoms with van der Waals surface area (Å²) in [6.07, 6.45) is 0.925. The van der Waals surface area contributed by atoms with E-state index in [1.807, 2.05) is 23.1 Å². The standard InChI is InChI=1S/C12H16N2O/c1-8-7-10-5-3-4-6-11(10)14(8)12(15)9(2)13/h3-6,8-9H,7,13H2,1-2H3/t8-,9+/m0/s1. The Balaban J connectivity index is 2.38. The topological polar surface area (TPSA) is 46.3 Å². The first kappa shape index (κ1) is 10.2. The van der Waals surface area contributed by atoms with Crippen molar-refractivity contribution in [2.24, 2.45) is 5.73 Å². The molecule has 0 aromatic heterocycles. The van der Waals surface area contributed by atoms with Crippen molar-refractivity contribution in [1.29, 1.82) is 0 Å². The van der Waals surface area contributed by atoms with Crippen LogP contribution in [0.3, 0.4) is 0 Å². The molecule has 0 aliphatic carbocycles. The predicted molar refractivity (Wildman–Crippen MR) is 60.7 cm³/mol. The number of fused-ring (bicyclic) bond motifs is 1. The fraction of sp³-hybridized carbons (Fsp3) is 0.417. The first-order valence-corrected chi connectivity index (χ1v) is 5.28.